The zero-order chi connectivity index (χ0) is 19.2. The molecular formula is C22H27NO3. The number of benzene rings is 2. The Kier molecular flexibility index (Phi) is 6.56. The topological polar surface area (TPSA) is 66.4 Å². The molecule has 0 spiro atoms. The predicted octanol–water partition coefficient (Wildman–Crippen LogP) is 4.19. The monoisotopic (exact) mass is 353 g/mol. The summed E-state index contributed by atoms with van der Waals surface area (Å²) in [5.41, 5.74) is 2.79. The molecule has 0 saturated carbocycles. The summed E-state index contributed by atoms with van der Waals surface area (Å²) in [5.74, 6) is -1.35. The van der Waals surface area contributed by atoms with E-state index in [0.29, 0.717) is 18.4 Å². The number of hydrogen-bond acceptors (Lipinski definition) is 2. The van der Waals surface area contributed by atoms with E-state index >= 15 is 0 Å². The van der Waals surface area contributed by atoms with Crippen LogP contribution in [0.5, 0.6) is 0 Å². The number of carboxylic acid groups (broad SMARTS) is 1. The third-order valence-corrected chi connectivity index (χ3v) is 4.42. The van der Waals surface area contributed by atoms with Crippen LogP contribution >= 0.6 is 0 Å². The van der Waals surface area contributed by atoms with Crippen molar-refractivity contribution in [2.75, 3.05) is 0 Å². The maximum absolute atomic E-state index is 12.4. The van der Waals surface area contributed by atoms with Gasteiger partial charge in [-0.25, -0.2) is 4.79 Å². The molecule has 0 bridgehead atoms. The average molecular weight is 353 g/mol. The fourth-order valence-electron chi connectivity index (χ4n) is 2.78. The van der Waals surface area contributed by atoms with E-state index in [-0.39, 0.29) is 11.3 Å². The second-order valence-corrected chi connectivity index (χ2v) is 7.57. The zero-order valence-electron chi connectivity index (χ0n) is 15.7. The second-order valence-electron chi connectivity index (χ2n) is 7.57. The van der Waals surface area contributed by atoms with Gasteiger partial charge < -0.3 is 10.4 Å². The zero-order valence-corrected chi connectivity index (χ0v) is 15.7. The Balaban J connectivity index is 1.94. The standard InChI is InChI=1S/C22H27NO3/c1-22(2,3)18-14-12-17(13-15-18)20(24)23-19(21(25)26)11-7-10-16-8-5-4-6-9-16/h4-6,8-9,12-15,19H,7,10-11H2,1-3H3,(H,23,24)(H,25,26)/t19-/m1/s1. The Labute approximate surface area is 155 Å². The van der Waals surface area contributed by atoms with Gasteiger partial charge in [0, 0.05) is 5.56 Å². The largest absolute Gasteiger partial charge is 0.480 e. The summed E-state index contributed by atoms with van der Waals surface area (Å²) in [6, 6.07) is 16.4. The van der Waals surface area contributed by atoms with Crippen molar-refractivity contribution in [3.05, 3.63) is 71.3 Å². The van der Waals surface area contributed by atoms with Crippen LogP contribution < -0.4 is 5.32 Å². The summed E-state index contributed by atoms with van der Waals surface area (Å²) in [5, 5.41) is 12.0. The lowest BCUT2D eigenvalue weighted by molar-refractivity contribution is -0.139. The molecule has 2 rings (SSSR count). The van der Waals surface area contributed by atoms with Gasteiger partial charge in [-0.3, -0.25) is 4.79 Å². The summed E-state index contributed by atoms with van der Waals surface area (Å²) < 4.78 is 0. The SMILES string of the molecule is CC(C)(C)c1ccc(C(=O)N[C@H](CCCc2ccccc2)C(=O)O)cc1. The van der Waals surface area contributed by atoms with Crippen LogP contribution in [0.25, 0.3) is 0 Å². The van der Waals surface area contributed by atoms with Gasteiger partial charge in [-0.15, -0.1) is 0 Å². The van der Waals surface area contributed by atoms with Gasteiger partial charge in [0.15, 0.2) is 0 Å². The fourth-order valence-corrected chi connectivity index (χ4v) is 2.78. The molecule has 0 aliphatic rings. The van der Waals surface area contributed by atoms with Crippen LogP contribution in [0.1, 0.15) is 55.1 Å². The minimum absolute atomic E-state index is 0.00996. The maximum atomic E-state index is 12.4. The molecule has 26 heavy (non-hydrogen) atoms. The quantitative estimate of drug-likeness (QED) is 0.784. The summed E-state index contributed by atoms with van der Waals surface area (Å²) >= 11 is 0. The molecule has 1 atom stereocenters. The molecule has 0 unspecified atom stereocenters. The highest BCUT2D eigenvalue weighted by atomic mass is 16.4. The second kappa shape index (κ2) is 8.65. The number of nitrogens with one attached hydrogen (secondary N) is 1. The van der Waals surface area contributed by atoms with Crippen molar-refractivity contribution in [1.82, 2.24) is 5.32 Å². The molecule has 4 heteroatoms. The molecule has 0 aromatic heterocycles. The molecule has 0 heterocycles. The van der Waals surface area contributed by atoms with E-state index < -0.39 is 12.0 Å². The first-order valence-electron chi connectivity index (χ1n) is 8.95. The smallest absolute Gasteiger partial charge is 0.326 e. The van der Waals surface area contributed by atoms with Crippen molar-refractivity contribution in [1.29, 1.82) is 0 Å². The van der Waals surface area contributed by atoms with E-state index in [1.54, 1.807) is 12.1 Å². The lowest BCUT2D eigenvalue weighted by Crippen LogP contribution is -2.40. The van der Waals surface area contributed by atoms with Crippen LogP contribution in [0.3, 0.4) is 0 Å². The summed E-state index contributed by atoms with van der Waals surface area (Å²) in [4.78, 5) is 23.9. The maximum Gasteiger partial charge on any atom is 0.326 e. The van der Waals surface area contributed by atoms with Crippen LogP contribution in [0.4, 0.5) is 0 Å². The van der Waals surface area contributed by atoms with Crippen molar-refractivity contribution in [2.45, 2.75) is 51.5 Å². The minimum Gasteiger partial charge on any atom is -0.480 e. The number of carboxylic acids is 1. The number of amides is 1. The normalized spacial score (nSPS) is 12.4. The first kappa shape index (κ1) is 19.7. The Morgan fingerprint density at radius 2 is 1.62 bits per heavy atom. The van der Waals surface area contributed by atoms with E-state index in [2.05, 4.69) is 26.1 Å². The third-order valence-electron chi connectivity index (χ3n) is 4.42. The molecule has 0 aliphatic carbocycles. The lowest BCUT2D eigenvalue weighted by atomic mass is 9.86. The van der Waals surface area contributed by atoms with Crippen molar-refractivity contribution < 1.29 is 14.7 Å². The summed E-state index contributed by atoms with van der Waals surface area (Å²) in [7, 11) is 0. The molecule has 0 aliphatic heterocycles. The molecule has 4 nitrogen and oxygen atoms in total. The van der Waals surface area contributed by atoms with Gasteiger partial charge in [0.2, 0.25) is 0 Å². The summed E-state index contributed by atoms with van der Waals surface area (Å²) in [6.45, 7) is 6.32. The molecule has 0 fully saturated rings. The van der Waals surface area contributed by atoms with Crippen molar-refractivity contribution in [3.8, 4) is 0 Å². The van der Waals surface area contributed by atoms with Crippen molar-refractivity contribution >= 4 is 11.9 Å². The van der Waals surface area contributed by atoms with Gasteiger partial charge in [-0.2, -0.15) is 0 Å². The molecular weight excluding hydrogens is 326 g/mol. The first-order chi connectivity index (χ1) is 12.3. The van der Waals surface area contributed by atoms with Gasteiger partial charge >= 0.3 is 5.97 Å². The van der Waals surface area contributed by atoms with Crippen LogP contribution in [0.2, 0.25) is 0 Å². The minimum atomic E-state index is -1.00. The molecule has 138 valence electrons. The van der Waals surface area contributed by atoms with E-state index in [1.165, 1.54) is 5.56 Å². The van der Waals surface area contributed by atoms with Crippen molar-refractivity contribution in [2.24, 2.45) is 0 Å². The van der Waals surface area contributed by atoms with Gasteiger partial charge in [0.1, 0.15) is 6.04 Å². The van der Waals surface area contributed by atoms with Crippen LogP contribution in [-0.4, -0.2) is 23.0 Å². The summed E-state index contributed by atoms with van der Waals surface area (Å²) in [6.07, 6.45) is 1.89. The Hall–Kier alpha value is -2.62. The third kappa shape index (κ3) is 5.73. The van der Waals surface area contributed by atoms with Crippen molar-refractivity contribution in [3.63, 3.8) is 0 Å². The van der Waals surface area contributed by atoms with Crippen LogP contribution in [0.15, 0.2) is 54.6 Å². The number of carbonyl (C=O) groups excluding carboxylic acids is 1. The molecule has 2 aromatic carbocycles. The molecule has 2 aromatic rings. The number of hydrogen-bond donors (Lipinski definition) is 2. The Morgan fingerprint density at radius 3 is 2.15 bits per heavy atom. The molecule has 0 saturated heterocycles. The van der Waals surface area contributed by atoms with E-state index in [4.69, 9.17) is 0 Å². The predicted molar refractivity (Wildman–Crippen MR) is 103 cm³/mol. The average Bonchev–Trinajstić information content (AvgIpc) is 2.61. The van der Waals surface area contributed by atoms with Gasteiger partial charge in [0.05, 0.1) is 0 Å². The lowest BCUT2D eigenvalue weighted by Gasteiger charge is -2.19. The fraction of sp³-hybridized carbons (Fsp3) is 0.364. The van der Waals surface area contributed by atoms with E-state index in [0.717, 1.165) is 12.0 Å². The molecule has 0 radical (unpaired) electrons. The highest BCUT2D eigenvalue weighted by molar-refractivity contribution is 5.96. The highest BCUT2D eigenvalue weighted by Gasteiger charge is 2.21. The highest BCUT2D eigenvalue weighted by Crippen LogP contribution is 2.22. The number of aryl methyl sites for hydroxylation is 1. The number of carbonyl (C=O) groups is 2. The van der Waals surface area contributed by atoms with Gasteiger partial charge in [0.25, 0.3) is 5.91 Å². The van der Waals surface area contributed by atoms with Crippen LogP contribution in [0, 0.1) is 0 Å². The molecule has 1 amide bonds. The first-order valence-corrected chi connectivity index (χ1v) is 8.95. The number of aliphatic carboxylic acids is 1. The van der Waals surface area contributed by atoms with E-state index in [1.807, 2.05) is 42.5 Å². The van der Waals surface area contributed by atoms with Crippen LogP contribution in [-0.2, 0) is 16.6 Å². The Morgan fingerprint density at radius 1 is 1.00 bits per heavy atom. The molecule has 2 N–H and O–H groups in total. The Bertz CT molecular complexity index is 730. The van der Waals surface area contributed by atoms with Gasteiger partial charge in [-0.1, -0.05) is 63.2 Å². The number of rotatable bonds is 7. The van der Waals surface area contributed by atoms with Gasteiger partial charge in [-0.05, 0) is 47.9 Å². The van der Waals surface area contributed by atoms with E-state index in [9.17, 15) is 14.7 Å².